The first-order valence-electron chi connectivity index (χ1n) is 8.94. The summed E-state index contributed by atoms with van der Waals surface area (Å²) in [6.07, 6.45) is 9.73. The van der Waals surface area contributed by atoms with Crippen molar-refractivity contribution in [3.63, 3.8) is 0 Å². The molecule has 4 nitrogen and oxygen atoms in total. The molecule has 2 aliphatic heterocycles. The van der Waals surface area contributed by atoms with E-state index in [1.165, 1.54) is 32.4 Å². The Kier molecular flexibility index (Phi) is 5.74. The number of nitrogens with zero attached hydrogens (tertiary/aromatic N) is 2. The molecule has 2 fully saturated rings. The summed E-state index contributed by atoms with van der Waals surface area (Å²) in [5.74, 6) is 0.120. The number of hydrogen-bond donors (Lipinski definition) is 1. The zero-order valence-electron chi connectivity index (χ0n) is 14.5. The number of hydrogen-bond acceptors (Lipinski definition) is 4. The molecule has 3 heterocycles. The Labute approximate surface area is 148 Å². The highest BCUT2D eigenvalue weighted by Gasteiger charge is 2.36. The molecule has 0 aliphatic carbocycles. The lowest BCUT2D eigenvalue weighted by Gasteiger charge is -2.41. The van der Waals surface area contributed by atoms with Gasteiger partial charge in [-0.05, 0) is 80.7 Å². The summed E-state index contributed by atoms with van der Waals surface area (Å²) in [5, 5.41) is 11.0. The predicted molar refractivity (Wildman–Crippen MR) is 98.9 cm³/mol. The van der Waals surface area contributed by atoms with E-state index in [-0.39, 0.29) is 12.5 Å². The normalized spacial score (nSPS) is 22.2. The SMILES string of the molecule is CN1CCCC2(CC1)CCN(C(=O)C=Cc1cc(CO)cs1)CC2. The van der Waals surface area contributed by atoms with Gasteiger partial charge in [0.25, 0.3) is 0 Å². The topological polar surface area (TPSA) is 43.8 Å². The van der Waals surface area contributed by atoms with Crippen molar-refractivity contribution in [3.05, 3.63) is 28.0 Å². The first-order chi connectivity index (χ1) is 11.6. The van der Waals surface area contributed by atoms with Gasteiger partial charge in [-0.1, -0.05) is 0 Å². The molecule has 0 atom stereocenters. The van der Waals surface area contributed by atoms with E-state index in [0.29, 0.717) is 5.41 Å². The second-order valence-electron chi connectivity index (χ2n) is 7.33. The highest BCUT2D eigenvalue weighted by molar-refractivity contribution is 7.11. The smallest absolute Gasteiger partial charge is 0.246 e. The summed E-state index contributed by atoms with van der Waals surface area (Å²) < 4.78 is 0. The van der Waals surface area contributed by atoms with Gasteiger partial charge in [0.15, 0.2) is 0 Å². The molecule has 0 bridgehead atoms. The molecule has 1 N–H and O–H groups in total. The van der Waals surface area contributed by atoms with E-state index in [0.717, 1.165) is 36.4 Å². The Morgan fingerprint density at radius 2 is 2.00 bits per heavy atom. The monoisotopic (exact) mass is 348 g/mol. The minimum atomic E-state index is 0.0572. The number of thiophene rings is 1. The standard InChI is InChI=1S/C19H28N2O2S/c1-20-9-2-5-19(6-10-20)7-11-21(12-8-19)18(23)4-3-17-13-16(14-22)15-24-17/h3-4,13,15,22H,2,5-12,14H2,1H3. The van der Waals surface area contributed by atoms with Gasteiger partial charge in [0.1, 0.15) is 0 Å². The molecule has 0 unspecified atom stereocenters. The van der Waals surface area contributed by atoms with Crippen molar-refractivity contribution in [1.29, 1.82) is 0 Å². The average Bonchev–Trinajstić information content (AvgIpc) is 2.99. The third-order valence-electron chi connectivity index (χ3n) is 5.65. The molecular weight excluding hydrogens is 320 g/mol. The quantitative estimate of drug-likeness (QED) is 0.854. The lowest BCUT2D eigenvalue weighted by Crippen LogP contribution is -2.42. The van der Waals surface area contributed by atoms with Gasteiger partial charge in [0, 0.05) is 24.0 Å². The van der Waals surface area contributed by atoms with Crippen LogP contribution in [0.4, 0.5) is 0 Å². The molecule has 1 spiro atoms. The van der Waals surface area contributed by atoms with Gasteiger partial charge in [0.2, 0.25) is 5.91 Å². The molecule has 2 aliphatic rings. The van der Waals surface area contributed by atoms with Crippen LogP contribution in [-0.4, -0.2) is 54.0 Å². The van der Waals surface area contributed by atoms with E-state index in [4.69, 9.17) is 5.11 Å². The number of amides is 1. The minimum Gasteiger partial charge on any atom is -0.392 e. The summed E-state index contributed by atoms with van der Waals surface area (Å²) in [7, 11) is 2.22. The molecule has 0 radical (unpaired) electrons. The Balaban J connectivity index is 1.53. The van der Waals surface area contributed by atoms with Crippen molar-refractivity contribution in [3.8, 4) is 0 Å². The van der Waals surface area contributed by atoms with Crippen LogP contribution in [0.3, 0.4) is 0 Å². The van der Waals surface area contributed by atoms with E-state index in [1.807, 2.05) is 22.4 Å². The van der Waals surface area contributed by atoms with Crippen molar-refractivity contribution in [2.75, 3.05) is 33.2 Å². The van der Waals surface area contributed by atoms with E-state index in [1.54, 1.807) is 17.4 Å². The van der Waals surface area contributed by atoms with E-state index in [9.17, 15) is 4.79 Å². The minimum absolute atomic E-state index is 0.0572. The largest absolute Gasteiger partial charge is 0.392 e. The average molecular weight is 349 g/mol. The highest BCUT2D eigenvalue weighted by Crippen LogP contribution is 2.41. The number of aliphatic hydroxyl groups is 1. The lowest BCUT2D eigenvalue weighted by molar-refractivity contribution is -0.128. The maximum Gasteiger partial charge on any atom is 0.246 e. The van der Waals surface area contributed by atoms with E-state index in [2.05, 4.69) is 11.9 Å². The van der Waals surface area contributed by atoms with Crippen molar-refractivity contribution in [2.45, 2.75) is 38.7 Å². The number of carbonyl (C=O) groups is 1. The van der Waals surface area contributed by atoms with Gasteiger partial charge < -0.3 is 14.9 Å². The van der Waals surface area contributed by atoms with E-state index < -0.39 is 0 Å². The van der Waals surface area contributed by atoms with Gasteiger partial charge in [0.05, 0.1) is 6.61 Å². The molecule has 1 amide bonds. The molecule has 1 aromatic heterocycles. The molecule has 2 saturated heterocycles. The Morgan fingerprint density at radius 3 is 2.71 bits per heavy atom. The number of carbonyl (C=O) groups excluding carboxylic acids is 1. The Bertz CT molecular complexity index is 588. The van der Waals surface area contributed by atoms with Crippen LogP contribution in [0.5, 0.6) is 0 Å². The first kappa shape index (κ1) is 17.6. The zero-order chi connectivity index (χ0) is 17.0. The van der Waals surface area contributed by atoms with Crippen LogP contribution >= 0.6 is 11.3 Å². The number of likely N-dealkylation sites (tertiary alicyclic amines) is 2. The molecule has 132 valence electrons. The number of aliphatic hydroxyl groups excluding tert-OH is 1. The third kappa shape index (κ3) is 4.26. The molecule has 0 saturated carbocycles. The van der Waals surface area contributed by atoms with Gasteiger partial charge in [-0.15, -0.1) is 11.3 Å². The van der Waals surface area contributed by atoms with Gasteiger partial charge in [-0.2, -0.15) is 0 Å². The fourth-order valence-corrected chi connectivity index (χ4v) is 4.71. The summed E-state index contributed by atoms with van der Waals surface area (Å²) in [6, 6.07) is 1.93. The molecular formula is C19H28N2O2S. The fourth-order valence-electron chi connectivity index (χ4n) is 3.91. The molecule has 24 heavy (non-hydrogen) atoms. The van der Waals surface area contributed by atoms with Gasteiger partial charge in [-0.25, -0.2) is 0 Å². The summed E-state index contributed by atoms with van der Waals surface area (Å²) in [6.45, 7) is 4.24. The predicted octanol–water partition coefficient (Wildman–Crippen LogP) is 2.98. The van der Waals surface area contributed by atoms with Crippen LogP contribution in [0.1, 0.15) is 42.5 Å². The highest BCUT2D eigenvalue weighted by atomic mass is 32.1. The fraction of sp³-hybridized carbons (Fsp3) is 0.632. The van der Waals surface area contributed by atoms with Crippen molar-refractivity contribution in [2.24, 2.45) is 5.41 Å². The Morgan fingerprint density at radius 1 is 1.25 bits per heavy atom. The van der Waals surface area contributed by atoms with Gasteiger partial charge in [-0.3, -0.25) is 4.79 Å². The van der Waals surface area contributed by atoms with Crippen LogP contribution in [0, 0.1) is 5.41 Å². The molecule has 0 aromatic carbocycles. The molecule has 5 heteroatoms. The summed E-state index contributed by atoms with van der Waals surface area (Å²) in [4.78, 5) is 17.9. The van der Waals surface area contributed by atoms with Crippen LogP contribution in [0.15, 0.2) is 17.5 Å². The first-order valence-corrected chi connectivity index (χ1v) is 9.82. The van der Waals surface area contributed by atoms with Crippen molar-refractivity contribution in [1.82, 2.24) is 9.80 Å². The van der Waals surface area contributed by atoms with Crippen molar-refractivity contribution < 1.29 is 9.90 Å². The van der Waals surface area contributed by atoms with E-state index >= 15 is 0 Å². The van der Waals surface area contributed by atoms with Crippen molar-refractivity contribution >= 4 is 23.3 Å². The number of piperidine rings is 1. The van der Waals surface area contributed by atoms with Gasteiger partial charge >= 0.3 is 0 Å². The maximum atomic E-state index is 12.4. The zero-order valence-corrected chi connectivity index (χ0v) is 15.4. The lowest BCUT2D eigenvalue weighted by atomic mass is 9.73. The van der Waals surface area contributed by atoms with Crippen LogP contribution < -0.4 is 0 Å². The third-order valence-corrected chi connectivity index (χ3v) is 6.60. The summed E-state index contributed by atoms with van der Waals surface area (Å²) >= 11 is 1.56. The van der Waals surface area contributed by atoms with Crippen LogP contribution in [0.25, 0.3) is 6.08 Å². The molecule has 3 rings (SSSR count). The number of rotatable bonds is 3. The van der Waals surface area contributed by atoms with Crippen LogP contribution in [0.2, 0.25) is 0 Å². The molecule has 1 aromatic rings. The van der Waals surface area contributed by atoms with Crippen LogP contribution in [-0.2, 0) is 11.4 Å². The maximum absolute atomic E-state index is 12.4. The second kappa shape index (κ2) is 7.81. The Hall–Kier alpha value is -1.17. The second-order valence-corrected chi connectivity index (χ2v) is 8.27. The summed E-state index contributed by atoms with van der Waals surface area (Å²) in [5.41, 5.74) is 1.38.